The molecular formula is C36H43N5O3. The van der Waals surface area contributed by atoms with Crippen LogP contribution in [0.1, 0.15) is 73.1 Å². The second kappa shape index (κ2) is 13.5. The molecule has 5 rings (SSSR count). The highest BCUT2D eigenvalue weighted by Gasteiger charge is 2.30. The van der Waals surface area contributed by atoms with Gasteiger partial charge in [0.25, 0.3) is 0 Å². The lowest BCUT2D eigenvalue weighted by Gasteiger charge is -2.32. The molecule has 3 N–H and O–H groups in total. The van der Waals surface area contributed by atoms with Crippen LogP contribution in [0.25, 0.3) is 5.69 Å². The number of piperidine rings is 1. The summed E-state index contributed by atoms with van der Waals surface area (Å²) >= 11 is 0. The summed E-state index contributed by atoms with van der Waals surface area (Å²) in [6.07, 6.45) is 2.26. The first-order valence-electron chi connectivity index (χ1n) is 15.3. The third-order valence-corrected chi connectivity index (χ3v) is 8.36. The van der Waals surface area contributed by atoms with E-state index in [2.05, 4.69) is 36.7 Å². The minimum atomic E-state index is -0.366. The molecule has 4 aromatic rings. The topological polar surface area (TPSA) is 97.3 Å². The Morgan fingerprint density at radius 3 is 2.41 bits per heavy atom. The van der Waals surface area contributed by atoms with Gasteiger partial charge in [-0.2, -0.15) is 5.10 Å². The maximum Gasteiger partial charge on any atom is 0.324 e. The fourth-order valence-electron chi connectivity index (χ4n) is 5.81. The van der Waals surface area contributed by atoms with Crippen molar-refractivity contribution in [3.05, 3.63) is 101 Å². The molecule has 0 bridgehead atoms. The van der Waals surface area contributed by atoms with Crippen molar-refractivity contribution in [2.45, 2.75) is 58.3 Å². The number of aromatic nitrogens is 2. The van der Waals surface area contributed by atoms with Crippen molar-refractivity contribution in [2.75, 3.05) is 30.8 Å². The Morgan fingerprint density at radius 2 is 1.70 bits per heavy atom. The second-order valence-electron chi connectivity index (χ2n) is 12.6. The van der Waals surface area contributed by atoms with E-state index in [0.717, 1.165) is 48.4 Å². The van der Waals surface area contributed by atoms with Gasteiger partial charge in [-0.15, -0.1) is 0 Å². The van der Waals surface area contributed by atoms with Crippen LogP contribution < -0.4 is 20.7 Å². The third kappa shape index (κ3) is 7.37. The average molecular weight is 594 g/mol. The van der Waals surface area contributed by atoms with Crippen LogP contribution in [0, 0.1) is 12.8 Å². The van der Waals surface area contributed by atoms with Crippen LogP contribution in [0.3, 0.4) is 0 Å². The number of carbonyl (C=O) groups excluding carboxylic acids is 2. The highest BCUT2D eigenvalue weighted by Crippen LogP contribution is 2.39. The molecule has 8 nitrogen and oxygen atoms in total. The molecule has 1 aliphatic rings. The number of nitrogens with one attached hydrogen (secondary N) is 3. The highest BCUT2D eigenvalue weighted by molar-refractivity contribution is 6.00. The predicted octanol–water partition coefficient (Wildman–Crippen LogP) is 7.49. The molecule has 0 saturated carbocycles. The van der Waals surface area contributed by atoms with Gasteiger partial charge in [0.1, 0.15) is 11.6 Å². The SMILES string of the molecule is COc1cccc(C(=O)CC(c2ccccc2NC(=O)Nc2cc(C(C)(C)C)nn2-c2ccc(C)cc2)C2CCNCC2)c1. The molecule has 0 spiro atoms. The van der Waals surface area contributed by atoms with E-state index >= 15 is 0 Å². The van der Waals surface area contributed by atoms with Gasteiger partial charge in [-0.25, -0.2) is 9.48 Å². The molecule has 1 saturated heterocycles. The van der Waals surface area contributed by atoms with Crippen molar-refractivity contribution in [1.82, 2.24) is 15.1 Å². The Balaban J connectivity index is 1.42. The summed E-state index contributed by atoms with van der Waals surface area (Å²) in [4.78, 5) is 27.2. The van der Waals surface area contributed by atoms with E-state index in [1.165, 1.54) is 0 Å². The van der Waals surface area contributed by atoms with Gasteiger partial charge in [0.15, 0.2) is 5.78 Å². The largest absolute Gasteiger partial charge is 0.497 e. The number of methoxy groups -OCH3 is 1. The van der Waals surface area contributed by atoms with Crippen molar-refractivity contribution in [3.63, 3.8) is 0 Å². The molecule has 1 aliphatic heterocycles. The van der Waals surface area contributed by atoms with Crippen LogP contribution in [0.4, 0.5) is 16.3 Å². The molecule has 2 heterocycles. The van der Waals surface area contributed by atoms with Crippen molar-refractivity contribution < 1.29 is 14.3 Å². The van der Waals surface area contributed by atoms with E-state index in [-0.39, 0.29) is 23.1 Å². The Kier molecular flexibility index (Phi) is 9.49. The molecule has 2 amide bonds. The molecule has 1 fully saturated rings. The highest BCUT2D eigenvalue weighted by atomic mass is 16.5. The lowest BCUT2D eigenvalue weighted by molar-refractivity contribution is 0.0959. The zero-order valence-electron chi connectivity index (χ0n) is 26.3. The van der Waals surface area contributed by atoms with Crippen molar-refractivity contribution in [1.29, 1.82) is 0 Å². The van der Waals surface area contributed by atoms with Crippen molar-refractivity contribution >= 4 is 23.3 Å². The number of carbonyl (C=O) groups is 2. The molecule has 0 radical (unpaired) electrons. The number of rotatable bonds is 9. The first kappa shape index (κ1) is 31.0. The van der Waals surface area contributed by atoms with E-state index in [1.807, 2.05) is 79.7 Å². The molecule has 1 atom stereocenters. The molecule has 1 unspecified atom stereocenters. The Labute approximate surface area is 260 Å². The first-order valence-corrected chi connectivity index (χ1v) is 15.3. The van der Waals surface area contributed by atoms with Crippen LogP contribution in [0.15, 0.2) is 78.9 Å². The van der Waals surface area contributed by atoms with Gasteiger partial charge in [0.2, 0.25) is 0 Å². The summed E-state index contributed by atoms with van der Waals surface area (Å²) in [5.74, 6) is 1.54. The number of nitrogens with zero attached hydrogens (tertiary/aromatic N) is 2. The number of ketones is 1. The number of hydrogen-bond acceptors (Lipinski definition) is 5. The lowest BCUT2D eigenvalue weighted by Crippen LogP contribution is -2.32. The number of aryl methyl sites for hydroxylation is 1. The van der Waals surface area contributed by atoms with Gasteiger partial charge in [-0.05, 0) is 80.6 Å². The maximum atomic E-state index is 13.6. The quantitative estimate of drug-likeness (QED) is 0.175. The number of anilines is 2. The van der Waals surface area contributed by atoms with E-state index in [4.69, 9.17) is 9.84 Å². The van der Waals surface area contributed by atoms with Gasteiger partial charge < -0.3 is 15.4 Å². The maximum absolute atomic E-state index is 13.6. The van der Waals surface area contributed by atoms with E-state index in [1.54, 1.807) is 17.9 Å². The number of ether oxygens (including phenoxy) is 1. The summed E-state index contributed by atoms with van der Waals surface area (Å²) < 4.78 is 7.14. The van der Waals surface area contributed by atoms with Crippen LogP contribution >= 0.6 is 0 Å². The summed E-state index contributed by atoms with van der Waals surface area (Å²) in [7, 11) is 1.60. The molecule has 3 aromatic carbocycles. The normalized spacial score (nSPS) is 14.6. The van der Waals surface area contributed by atoms with Gasteiger partial charge in [0.05, 0.1) is 18.5 Å². The number of hydrogen-bond donors (Lipinski definition) is 3. The number of para-hydroxylation sites is 1. The minimum absolute atomic E-state index is 0.0575. The smallest absolute Gasteiger partial charge is 0.324 e. The van der Waals surface area contributed by atoms with Crippen molar-refractivity contribution in [3.8, 4) is 11.4 Å². The molecule has 230 valence electrons. The van der Waals surface area contributed by atoms with Gasteiger partial charge >= 0.3 is 6.03 Å². The summed E-state index contributed by atoms with van der Waals surface area (Å²) in [5.41, 5.74) is 4.98. The fourth-order valence-corrected chi connectivity index (χ4v) is 5.81. The minimum Gasteiger partial charge on any atom is -0.497 e. The van der Waals surface area contributed by atoms with Gasteiger partial charge in [-0.1, -0.05) is 68.8 Å². The van der Waals surface area contributed by atoms with Gasteiger partial charge in [0, 0.05) is 29.2 Å². The Hall–Kier alpha value is -4.43. The Morgan fingerprint density at radius 1 is 0.977 bits per heavy atom. The zero-order valence-corrected chi connectivity index (χ0v) is 26.3. The Bertz CT molecular complexity index is 1600. The molecular weight excluding hydrogens is 550 g/mol. The van der Waals surface area contributed by atoms with E-state index in [0.29, 0.717) is 35.2 Å². The van der Waals surface area contributed by atoms with Crippen LogP contribution in [0.2, 0.25) is 0 Å². The van der Waals surface area contributed by atoms with E-state index < -0.39 is 0 Å². The zero-order chi connectivity index (χ0) is 31.3. The third-order valence-electron chi connectivity index (χ3n) is 8.36. The number of urea groups is 1. The molecule has 8 heteroatoms. The number of Topliss-reactive ketones (excluding diaryl/α,β-unsaturated/α-hetero) is 1. The van der Waals surface area contributed by atoms with Crippen molar-refractivity contribution in [2.24, 2.45) is 5.92 Å². The molecule has 44 heavy (non-hydrogen) atoms. The summed E-state index contributed by atoms with van der Waals surface area (Å²) in [6, 6.07) is 24.8. The van der Waals surface area contributed by atoms with E-state index in [9.17, 15) is 9.59 Å². The molecule has 1 aromatic heterocycles. The predicted molar refractivity (Wildman–Crippen MR) is 176 cm³/mol. The van der Waals surface area contributed by atoms with Crippen LogP contribution in [-0.4, -0.2) is 41.8 Å². The number of benzene rings is 3. The first-order chi connectivity index (χ1) is 21.1. The second-order valence-corrected chi connectivity index (χ2v) is 12.6. The standard InChI is InChI=1S/C36H43N5O3/c1-24-13-15-27(16-14-24)41-34(23-33(40-41)36(2,3)4)39-35(43)38-31-12-7-6-11-29(31)30(25-17-19-37-20-18-25)22-32(42)26-9-8-10-28(21-26)44-5/h6-16,21,23,25,30,37H,17-20,22H2,1-5H3,(H2,38,39,43). The van der Waals surface area contributed by atoms with Gasteiger partial charge in [-0.3, -0.25) is 10.1 Å². The summed E-state index contributed by atoms with van der Waals surface area (Å²) in [5, 5.41) is 14.4. The van der Waals surface area contributed by atoms with Crippen LogP contribution in [0.5, 0.6) is 5.75 Å². The monoisotopic (exact) mass is 593 g/mol. The van der Waals surface area contributed by atoms with Crippen LogP contribution in [-0.2, 0) is 5.41 Å². The average Bonchev–Trinajstić information content (AvgIpc) is 3.45. The fraction of sp³-hybridized carbons (Fsp3) is 0.361. The number of amides is 2. The molecule has 0 aliphatic carbocycles. The lowest BCUT2D eigenvalue weighted by atomic mass is 9.76. The summed E-state index contributed by atoms with van der Waals surface area (Å²) in [6.45, 7) is 10.2.